The summed E-state index contributed by atoms with van der Waals surface area (Å²) in [5, 5.41) is 1.09. The maximum atomic E-state index is 13.7. The van der Waals surface area contributed by atoms with Crippen LogP contribution in [-0.2, 0) is 16.4 Å². The zero-order valence-corrected chi connectivity index (χ0v) is 17.9. The van der Waals surface area contributed by atoms with Gasteiger partial charge in [0, 0.05) is 35.1 Å². The number of benzene rings is 3. The van der Waals surface area contributed by atoms with Crippen LogP contribution in [0, 0.1) is 13.8 Å². The molecule has 30 heavy (non-hydrogen) atoms. The van der Waals surface area contributed by atoms with Gasteiger partial charge in [0.25, 0.3) is 0 Å². The lowest BCUT2D eigenvalue weighted by atomic mass is 9.92. The molecule has 0 saturated heterocycles. The zero-order chi connectivity index (χ0) is 20.9. The zero-order valence-electron chi connectivity index (χ0n) is 17.1. The topological polar surface area (TPSA) is 53.2 Å². The van der Waals surface area contributed by atoms with E-state index in [4.69, 9.17) is 0 Å². The van der Waals surface area contributed by atoms with Crippen LogP contribution in [0.15, 0.2) is 77.7 Å². The van der Waals surface area contributed by atoms with E-state index in [0.29, 0.717) is 17.9 Å². The maximum absolute atomic E-state index is 13.7. The normalized spacial score (nSPS) is 17.2. The number of aryl methyl sites for hydroxylation is 2. The van der Waals surface area contributed by atoms with Gasteiger partial charge >= 0.3 is 0 Å². The van der Waals surface area contributed by atoms with E-state index in [-0.39, 0.29) is 6.04 Å². The third kappa shape index (κ3) is 3.06. The molecule has 5 heteroatoms. The van der Waals surface area contributed by atoms with Crippen LogP contribution in [0.25, 0.3) is 10.9 Å². The second-order valence-corrected chi connectivity index (χ2v) is 9.95. The van der Waals surface area contributed by atoms with Crippen molar-refractivity contribution in [1.82, 2.24) is 9.29 Å². The van der Waals surface area contributed by atoms with Gasteiger partial charge in [-0.2, -0.15) is 4.31 Å². The molecule has 4 nitrogen and oxygen atoms in total. The molecule has 0 fully saturated rings. The highest BCUT2D eigenvalue weighted by Crippen LogP contribution is 2.42. The summed E-state index contributed by atoms with van der Waals surface area (Å²) < 4.78 is 29.1. The lowest BCUT2D eigenvalue weighted by molar-refractivity contribution is 0.344. The fourth-order valence-electron chi connectivity index (χ4n) is 4.41. The van der Waals surface area contributed by atoms with Gasteiger partial charge in [-0.05, 0) is 37.6 Å². The SMILES string of the molecule is Cc1ccc(C2c3c([nH]c4ccccc34)CCN2S(=O)(=O)c2ccc(C)cc2)cc1. The first-order chi connectivity index (χ1) is 14.4. The predicted molar refractivity (Wildman–Crippen MR) is 120 cm³/mol. The van der Waals surface area contributed by atoms with Crippen LogP contribution in [0.2, 0.25) is 0 Å². The van der Waals surface area contributed by atoms with Crippen LogP contribution in [0.3, 0.4) is 0 Å². The molecule has 5 rings (SSSR count). The molecule has 1 aliphatic heterocycles. The van der Waals surface area contributed by atoms with Crippen molar-refractivity contribution in [1.29, 1.82) is 0 Å². The Kier molecular flexibility index (Phi) is 4.53. The van der Waals surface area contributed by atoms with Gasteiger partial charge in [-0.3, -0.25) is 0 Å². The third-order valence-electron chi connectivity index (χ3n) is 5.99. The lowest BCUT2D eigenvalue weighted by Crippen LogP contribution is -2.40. The highest BCUT2D eigenvalue weighted by molar-refractivity contribution is 7.89. The van der Waals surface area contributed by atoms with Crippen LogP contribution >= 0.6 is 0 Å². The Hall–Kier alpha value is -2.89. The van der Waals surface area contributed by atoms with E-state index in [1.54, 1.807) is 16.4 Å². The number of aromatic amines is 1. The standard InChI is InChI=1S/C25H24N2O2S/c1-17-7-11-19(12-8-17)25-24-21-5-3-4-6-22(21)26-23(24)15-16-27(25)30(28,29)20-13-9-18(2)10-14-20/h3-14,25-26H,15-16H2,1-2H3. The summed E-state index contributed by atoms with van der Waals surface area (Å²) in [6.07, 6.45) is 0.664. The molecule has 1 N–H and O–H groups in total. The van der Waals surface area contributed by atoms with Crippen LogP contribution in [0.1, 0.15) is 34.0 Å². The van der Waals surface area contributed by atoms with Crippen molar-refractivity contribution >= 4 is 20.9 Å². The number of rotatable bonds is 3. The monoisotopic (exact) mass is 416 g/mol. The number of para-hydroxylation sites is 1. The second-order valence-electron chi connectivity index (χ2n) is 8.05. The fraction of sp³-hybridized carbons (Fsp3) is 0.200. The van der Waals surface area contributed by atoms with Crippen molar-refractivity contribution in [3.8, 4) is 0 Å². The molecule has 0 aliphatic carbocycles. The number of aromatic nitrogens is 1. The second kappa shape index (κ2) is 7.11. The van der Waals surface area contributed by atoms with Crippen molar-refractivity contribution in [3.63, 3.8) is 0 Å². The van der Waals surface area contributed by atoms with Crippen LogP contribution in [0.5, 0.6) is 0 Å². The van der Waals surface area contributed by atoms with Crippen molar-refractivity contribution < 1.29 is 8.42 Å². The first-order valence-electron chi connectivity index (χ1n) is 10.2. The molecule has 0 amide bonds. The van der Waals surface area contributed by atoms with Crippen molar-refractivity contribution in [2.75, 3.05) is 6.54 Å². The van der Waals surface area contributed by atoms with Crippen LogP contribution in [-0.4, -0.2) is 24.3 Å². The molecule has 1 atom stereocenters. The number of fused-ring (bicyclic) bond motifs is 3. The Morgan fingerprint density at radius 3 is 2.20 bits per heavy atom. The lowest BCUT2D eigenvalue weighted by Gasteiger charge is -2.35. The summed E-state index contributed by atoms with van der Waals surface area (Å²) in [4.78, 5) is 3.87. The first kappa shape index (κ1) is 19.1. The van der Waals surface area contributed by atoms with Gasteiger partial charge in [-0.25, -0.2) is 8.42 Å². The molecule has 0 spiro atoms. The van der Waals surface area contributed by atoms with Crippen molar-refractivity contribution in [2.45, 2.75) is 31.2 Å². The first-order valence-corrected chi connectivity index (χ1v) is 11.6. The van der Waals surface area contributed by atoms with Crippen LogP contribution in [0.4, 0.5) is 0 Å². The van der Waals surface area contributed by atoms with Crippen LogP contribution < -0.4 is 0 Å². The minimum absolute atomic E-state index is 0.341. The number of hydrogen-bond donors (Lipinski definition) is 1. The predicted octanol–water partition coefficient (Wildman–Crippen LogP) is 5.12. The Bertz CT molecular complexity index is 1320. The molecule has 0 bridgehead atoms. The van der Waals surface area contributed by atoms with E-state index in [1.165, 1.54) is 0 Å². The van der Waals surface area contributed by atoms with E-state index in [0.717, 1.165) is 38.9 Å². The van der Waals surface area contributed by atoms with Gasteiger partial charge in [0.15, 0.2) is 0 Å². The number of hydrogen-bond acceptors (Lipinski definition) is 2. The molecule has 4 aromatic rings. The Balaban J connectivity index is 1.73. The Morgan fingerprint density at radius 1 is 0.867 bits per heavy atom. The van der Waals surface area contributed by atoms with E-state index in [2.05, 4.69) is 41.4 Å². The van der Waals surface area contributed by atoms with Gasteiger partial charge in [-0.15, -0.1) is 0 Å². The van der Waals surface area contributed by atoms with E-state index in [1.807, 2.05) is 38.1 Å². The molecule has 0 radical (unpaired) electrons. The van der Waals surface area contributed by atoms with Gasteiger partial charge in [0.1, 0.15) is 0 Å². The Morgan fingerprint density at radius 2 is 1.50 bits per heavy atom. The molecule has 3 aromatic carbocycles. The molecular weight excluding hydrogens is 392 g/mol. The number of sulfonamides is 1. The van der Waals surface area contributed by atoms with Crippen molar-refractivity contribution in [3.05, 3.63) is 101 Å². The molecule has 152 valence electrons. The minimum atomic E-state index is -3.66. The quantitative estimate of drug-likeness (QED) is 0.504. The number of nitrogens with one attached hydrogen (secondary N) is 1. The third-order valence-corrected chi connectivity index (χ3v) is 7.87. The summed E-state index contributed by atoms with van der Waals surface area (Å²) in [6.45, 7) is 4.45. The molecular formula is C25H24N2O2S. The fourth-order valence-corrected chi connectivity index (χ4v) is 6.00. The molecule has 1 unspecified atom stereocenters. The summed E-state index contributed by atoms with van der Waals surface area (Å²) in [6, 6.07) is 23.1. The summed E-state index contributed by atoms with van der Waals surface area (Å²) in [5.74, 6) is 0. The summed E-state index contributed by atoms with van der Waals surface area (Å²) in [5.41, 5.74) is 6.42. The van der Waals surface area contributed by atoms with E-state index in [9.17, 15) is 8.42 Å². The smallest absolute Gasteiger partial charge is 0.243 e. The highest BCUT2D eigenvalue weighted by atomic mass is 32.2. The Labute approximate surface area is 177 Å². The number of nitrogens with zero attached hydrogens (tertiary/aromatic N) is 1. The summed E-state index contributed by atoms with van der Waals surface area (Å²) in [7, 11) is -3.66. The van der Waals surface area contributed by atoms with Gasteiger partial charge in [0.05, 0.1) is 10.9 Å². The van der Waals surface area contributed by atoms with Gasteiger partial charge in [-0.1, -0.05) is 65.7 Å². The average Bonchev–Trinajstić information content (AvgIpc) is 3.13. The summed E-state index contributed by atoms with van der Waals surface area (Å²) >= 11 is 0. The average molecular weight is 417 g/mol. The molecule has 1 aliphatic rings. The maximum Gasteiger partial charge on any atom is 0.243 e. The van der Waals surface area contributed by atoms with Gasteiger partial charge in [0.2, 0.25) is 10.0 Å². The highest BCUT2D eigenvalue weighted by Gasteiger charge is 2.39. The minimum Gasteiger partial charge on any atom is -0.358 e. The van der Waals surface area contributed by atoms with Gasteiger partial charge < -0.3 is 4.98 Å². The van der Waals surface area contributed by atoms with Crippen molar-refractivity contribution in [2.24, 2.45) is 0 Å². The molecule has 0 saturated carbocycles. The van der Waals surface area contributed by atoms with E-state index < -0.39 is 10.0 Å². The number of H-pyrrole nitrogens is 1. The largest absolute Gasteiger partial charge is 0.358 e. The molecule has 2 heterocycles. The van der Waals surface area contributed by atoms with E-state index >= 15 is 0 Å². The molecule has 1 aromatic heterocycles.